The molecule has 1 unspecified atom stereocenters. The number of benzene rings is 1. The molecule has 0 bridgehead atoms. The molecule has 2 amide bonds. The number of aromatic nitrogens is 4. The fourth-order valence-corrected chi connectivity index (χ4v) is 4.93. The van der Waals surface area contributed by atoms with E-state index in [1.165, 1.54) is 4.90 Å². The molecular weight excluding hydrogens is 528 g/mol. The Morgan fingerprint density at radius 1 is 1.07 bits per heavy atom. The maximum atomic E-state index is 13.9. The first-order valence-corrected chi connectivity index (χ1v) is 13.6. The molecule has 0 radical (unpaired) electrons. The quantitative estimate of drug-likeness (QED) is 0.287. The second kappa shape index (κ2) is 11.9. The third-order valence-corrected chi connectivity index (χ3v) is 6.97. The number of carbonyl (C=O) groups excluding carboxylic acids is 1. The molecule has 4 aromatic rings. The summed E-state index contributed by atoms with van der Waals surface area (Å²) < 4.78 is 12.1. The number of hydrogen-bond donors (Lipinski definition) is 1. The SMILES string of the molecule is CCC(c1nc2onc(C)c2c(=O)n1Cc1ccccc1)N(CCCN(C(=O)O)C(C)(C)C)C(=O)c1cc(C)on1. The zero-order chi connectivity index (χ0) is 29.9. The van der Waals surface area contributed by atoms with E-state index in [4.69, 9.17) is 14.0 Å². The van der Waals surface area contributed by atoms with Gasteiger partial charge in [-0.1, -0.05) is 47.6 Å². The third-order valence-electron chi connectivity index (χ3n) is 6.97. The zero-order valence-electron chi connectivity index (χ0n) is 24.2. The van der Waals surface area contributed by atoms with Gasteiger partial charge in [-0.3, -0.25) is 14.2 Å². The molecule has 0 aliphatic rings. The van der Waals surface area contributed by atoms with E-state index in [9.17, 15) is 19.5 Å². The van der Waals surface area contributed by atoms with Crippen molar-refractivity contribution in [3.63, 3.8) is 0 Å². The van der Waals surface area contributed by atoms with E-state index in [1.807, 2.05) is 58.0 Å². The first kappa shape index (κ1) is 29.5. The van der Waals surface area contributed by atoms with Crippen LogP contribution in [0.4, 0.5) is 4.79 Å². The molecule has 3 heterocycles. The van der Waals surface area contributed by atoms with Gasteiger partial charge in [0.05, 0.1) is 18.3 Å². The molecule has 0 aliphatic carbocycles. The van der Waals surface area contributed by atoms with Crippen LogP contribution in [0, 0.1) is 13.8 Å². The summed E-state index contributed by atoms with van der Waals surface area (Å²) in [6.07, 6.45) is -0.293. The predicted octanol–water partition coefficient (Wildman–Crippen LogP) is 4.80. The summed E-state index contributed by atoms with van der Waals surface area (Å²) in [6.45, 7) is 11.3. The Hall–Kier alpha value is -4.48. The van der Waals surface area contributed by atoms with Gasteiger partial charge in [-0.2, -0.15) is 4.98 Å². The first-order chi connectivity index (χ1) is 19.4. The fourth-order valence-electron chi connectivity index (χ4n) is 4.93. The van der Waals surface area contributed by atoms with Crippen LogP contribution in [-0.2, 0) is 6.54 Å². The standard InChI is InChI=1S/C29H36N6O6/c1-7-22(24-30-25-23(19(3)31-41-25)27(37)34(24)17-20-12-9-8-10-13-20)33(26(36)21-16-18(2)40-32-21)14-11-15-35(28(38)39)29(4,5)6/h8-10,12-13,16,22H,7,11,14-15,17H2,1-6H3,(H,38,39). The van der Waals surface area contributed by atoms with Gasteiger partial charge in [0.2, 0.25) is 0 Å². The van der Waals surface area contributed by atoms with Gasteiger partial charge in [-0.25, -0.2) is 4.79 Å². The number of carbonyl (C=O) groups is 2. The molecule has 1 atom stereocenters. The monoisotopic (exact) mass is 564 g/mol. The molecule has 0 saturated carbocycles. The lowest BCUT2D eigenvalue weighted by Crippen LogP contribution is -2.46. The second-order valence-corrected chi connectivity index (χ2v) is 11.0. The normalized spacial score (nSPS) is 12.4. The van der Waals surface area contributed by atoms with Crippen LogP contribution in [0.3, 0.4) is 0 Å². The topological polar surface area (TPSA) is 148 Å². The van der Waals surface area contributed by atoms with Gasteiger partial charge in [0.15, 0.2) is 5.69 Å². The van der Waals surface area contributed by atoms with Crippen LogP contribution < -0.4 is 5.56 Å². The molecule has 12 heteroatoms. The number of hydrogen-bond acceptors (Lipinski definition) is 8. The molecule has 218 valence electrons. The molecular formula is C29H36N6O6. The molecule has 1 aromatic carbocycles. The van der Waals surface area contributed by atoms with Crippen molar-refractivity contribution in [2.24, 2.45) is 0 Å². The van der Waals surface area contributed by atoms with E-state index >= 15 is 0 Å². The zero-order valence-corrected chi connectivity index (χ0v) is 24.2. The van der Waals surface area contributed by atoms with Crippen LogP contribution in [0.2, 0.25) is 0 Å². The van der Waals surface area contributed by atoms with Crippen LogP contribution in [0.25, 0.3) is 11.1 Å². The van der Waals surface area contributed by atoms with E-state index in [1.54, 1.807) is 29.4 Å². The van der Waals surface area contributed by atoms with Crippen molar-refractivity contribution in [1.29, 1.82) is 0 Å². The van der Waals surface area contributed by atoms with Crippen molar-refractivity contribution in [3.05, 3.63) is 75.3 Å². The molecule has 0 aliphatic heterocycles. The molecule has 12 nitrogen and oxygen atoms in total. The highest BCUT2D eigenvalue weighted by molar-refractivity contribution is 5.92. The third kappa shape index (κ3) is 6.31. The summed E-state index contributed by atoms with van der Waals surface area (Å²) in [6, 6.07) is 10.4. The Balaban J connectivity index is 1.80. The largest absolute Gasteiger partial charge is 0.465 e. The predicted molar refractivity (Wildman–Crippen MR) is 151 cm³/mol. The molecule has 4 rings (SSSR count). The van der Waals surface area contributed by atoms with Crippen molar-refractivity contribution in [2.45, 2.75) is 72.5 Å². The molecule has 41 heavy (non-hydrogen) atoms. The van der Waals surface area contributed by atoms with E-state index in [-0.39, 0.29) is 42.0 Å². The lowest BCUT2D eigenvalue weighted by molar-refractivity contribution is 0.0618. The summed E-state index contributed by atoms with van der Waals surface area (Å²) in [4.78, 5) is 47.3. The van der Waals surface area contributed by atoms with Gasteiger partial charge in [0.1, 0.15) is 17.0 Å². The number of fused-ring (bicyclic) bond motifs is 1. The van der Waals surface area contributed by atoms with Gasteiger partial charge in [-0.05, 0) is 53.0 Å². The van der Waals surface area contributed by atoms with Crippen LogP contribution in [0.5, 0.6) is 0 Å². The minimum atomic E-state index is -1.04. The minimum Gasteiger partial charge on any atom is -0.465 e. The van der Waals surface area contributed by atoms with Crippen LogP contribution in [0.15, 0.2) is 50.2 Å². The summed E-state index contributed by atoms with van der Waals surface area (Å²) in [5.41, 5.74) is 0.579. The highest BCUT2D eigenvalue weighted by Crippen LogP contribution is 2.27. The number of aryl methyl sites for hydroxylation is 2. The molecule has 3 aromatic heterocycles. The summed E-state index contributed by atoms with van der Waals surface area (Å²) >= 11 is 0. The van der Waals surface area contributed by atoms with E-state index in [2.05, 4.69) is 10.3 Å². The number of rotatable bonds is 10. The Bertz CT molecular complexity index is 1580. The van der Waals surface area contributed by atoms with Gasteiger partial charge in [-0.15, -0.1) is 0 Å². The Morgan fingerprint density at radius 2 is 1.78 bits per heavy atom. The lowest BCUT2D eigenvalue weighted by atomic mass is 10.1. The summed E-state index contributed by atoms with van der Waals surface area (Å²) in [5, 5.41) is 17.9. The maximum absolute atomic E-state index is 13.9. The number of amides is 2. The van der Waals surface area contributed by atoms with Gasteiger partial charge in [0, 0.05) is 24.7 Å². The van der Waals surface area contributed by atoms with Crippen LogP contribution >= 0.6 is 0 Å². The highest BCUT2D eigenvalue weighted by atomic mass is 16.5. The number of nitrogens with zero attached hydrogens (tertiary/aromatic N) is 6. The van der Waals surface area contributed by atoms with Crippen molar-refractivity contribution in [1.82, 2.24) is 29.7 Å². The van der Waals surface area contributed by atoms with E-state index in [0.717, 1.165) is 5.56 Å². The first-order valence-electron chi connectivity index (χ1n) is 13.6. The van der Waals surface area contributed by atoms with Gasteiger partial charge >= 0.3 is 6.09 Å². The van der Waals surface area contributed by atoms with Crippen molar-refractivity contribution >= 4 is 23.1 Å². The average molecular weight is 565 g/mol. The Kier molecular flexibility index (Phi) is 8.60. The van der Waals surface area contributed by atoms with Crippen molar-refractivity contribution < 1.29 is 23.7 Å². The second-order valence-electron chi connectivity index (χ2n) is 11.0. The highest BCUT2D eigenvalue weighted by Gasteiger charge is 2.33. The molecule has 0 fully saturated rings. The van der Waals surface area contributed by atoms with E-state index in [0.29, 0.717) is 30.1 Å². The number of carboxylic acid groups (broad SMARTS) is 1. The van der Waals surface area contributed by atoms with Crippen LogP contribution in [0.1, 0.15) is 79.9 Å². The molecule has 0 saturated heterocycles. The summed E-state index contributed by atoms with van der Waals surface area (Å²) in [7, 11) is 0. The average Bonchev–Trinajstić information content (AvgIpc) is 3.52. The Labute approximate surface area is 237 Å². The Morgan fingerprint density at radius 3 is 2.37 bits per heavy atom. The smallest absolute Gasteiger partial charge is 0.407 e. The molecule has 1 N–H and O–H groups in total. The lowest BCUT2D eigenvalue weighted by Gasteiger charge is -2.35. The summed E-state index contributed by atoms with van der Waals surface area (Å²) in [5.74, 6) is 0.397. The van der Waals surface area contributed by atoms with E-state index < -0.39 is 23.6 Å². The van der Waals surface area contributed by atoms with Crippen molar-refractivity contribution in [3.8, 4) is 0 Å². The van der Waals surface area contributed by atoms with Gasteiger partial charge in [0.25, 0.3) is 17.2 Å². The minimum absolute atomic E-state index is 0.0970. The van der Waals surface area contributed by atoms with Crippen LogP contribution in [-0.4, -0.2) is 65.4 Å². The molecule has 0 spiro atoms. The fraction of sp³-hybridized carbons (Fsp3) is 0.448. The maximum Gasteiger partial charge on any atom is 0.407 e. The van der Waals surface area contributed by atoms with Gasteiger partial charge < -0.3 is 24.0 Å². The van der Waals surface area contributed by atoms with Crippen molar-refractivity contribution in [2.75, 3.05) is 13.1 Å².